The number of hydrogen-bond donors (Lipinski definition) is 1. The molecule has 0 aliphatic heterocycles. The van der Waals surface area contributed by atoms with Crippen LogP contribution in [-0.4, -0.2) is 0 Å². The van der Waals surface area contributed by atoms with Gasteiger partial charge in [-0.05, 0) is 25.1 Å². The Morgan fingerprint density at radius 1 is 1.25 bits per heavy atom. The van der Waals surface area contributed by atoms with E-state index < -0.39 is 11.7 Å². The predicted molar refractivity (Wildman–Crippen MR) is 67.1 cm³/mol. The fraction of sp³-hybridized carbons (Fsp3) is 0.286. The van der Waals surface area contributed by atoms with Crippen molar-refractivity contribution < 1.29 is 22.3 Å². The highest BCUT2D eigenvalue weighted by atomic mass is 19.4. The van der Waals surface area contributed by atoms with Crippen molar-refractivity contribution in [1.29, 1.82) is 0 Å². The van der Waals surface area contributed by atoms with E-state index in [-0.39, 0.29) is 12.4 Å². The number of aryl methyl sites for hydroxylation is 1. The van der Waals surface area contributed by atoms with E-state index in [1.165, 1.54) is 18.2 Å². The highest BCUT2D eigenvalue weighted by Gasteiger charge is 2.34. The van der Waals surface area contributed by atoms with Crippen molar-refractivity contribution in [3.8, 4) is 5.75 Å². The highest BCUT2D eigenvalue weighted by molar-refractivity contribution is 5.35. The first-order chi connectivity index (χ1) is 9.41. The van der Waals surface area contributed by atoms with E-state index in [4.69, 9.17) is 14.9 Å². The molecular weight excluding hydrogens is 271 g/mol. The first-order valence-electron chi connectivity index (χ1n) is 5.99. The number of para-hydroxylation sites is 1. The third kappa shape index (κ3) is 3.14. The van der Waals surface area contributed by atoms with Crippen molar-refractivity contribution in [3.63, 3.8) is 0 Å². The second-order valence-electron chi connectivity index (χ2n) is 4.28. The maximum Gasteiger partial charge on any atom is 0.419 e. The Labute approximate surface area is 114 Å². The number of rotatable bonds is 4. The molecule has 1 heterocycles. The molecular formula is C14H14F3NO2. The quantitative estimate of drug-likeness (QED) is 0.932. The minimum Gasteiger partial charge on any atom is -0.485 e. The van der Waals surface area contributed by atoms with Crippen LogP contribution in [0.4, 0.5) is 13.2 Å². The Kier molecular flexibility index (Phi) is 4.04. The molecule has 0 aliphatic carbocycles. The highest BCUT2D eigenvalue weighted by Crippen LogP contribution is 2.36. The Hall–Kier alpha value is -1.95. The molecule has 0 fully saturated rings. The third-order valence-corrected chi connectivity index (χ3v) is 2.85. The maximum absolute atomic E-state index is 12.8. The summed E-state index contributed by atoms with van der Waals surface area (Å²) in [6.45, 7) is 1.98. The Balaban J connectivity index is 2.15. The molecule has 6 heteroatoms. The summed E-state index contributed by atoms with van der Waals surface area (Å²) >= 11 is 0. The van der Waals surface area contributed by atoms with Gasteiger partial charge in [0, 0.05) is 12.1 Å². The Morgan fingerprint density at radius 3 is 2.55 bits per heavy atom. The molecule has 2 N–H and O–H groups in total. The van der Waals surface area contributed by atoms with Crippen molar-refractivity contribution >= 4 is 0 Å². The fourth-order valence-corrected chi connectivity index (χ4v) is 1.84. The molecule has 0 atom stereocenters. The number of ether oxygens (including phenoxy) is 1. The molecule has 0 saturated heterocycles. The van der Waals surface area contributed by atoms with Gasteiger partial charge in [-0.1, -0.05) is 12.1 Å². The van der Waals surface area contributed by atoms with E-state index >= 15 is 0 Å². The number of halogens is 3. The molecule has 0 saturated carbocycles. The van der Waals surface area contributed by atoms with Gasteiger partial charge < -0.3 is 14.9 Å². The minimum absolute atomic E-state index is 0.0755. The average Bonchev–Trinajstić information content (AvgIpc) is 2.76. The van der Waals surface area contributed by atoms with Gasteiger partial charge in [0.15, 0.2) is 0 Å². The first kappa shape index (κ1) is 14.5. The van der Waals surface area contributed by atoms with Crippen LogP contribution in [0.3, 0.4) is 0 Å². The monoisotopic (exact) mass is 285 g/mol. The molecule has 0 unspecified atom stereocenters. The largest absolute Gasteiger partial charge is 0.485 e. The Morgan fingerprint density at radius 2 is 1.95 bits per heavy atom. The minimum atomic E-state index is -4.45. The van der Waals surface area contributed by atoms with Gasteiger partial charge in [0.2, 0.25) is 0 Å². The van der Waals surface area contributed by atoms with Gasteiger partial charge in [0.1, 0.15) is 23.9 Å². The number of furan rings is 1. The number of benzene rings is 1. The van der Waals surface area contributed by atoms with E-state index in [1.807, 2.05) is 0 Å². The van der Waals surface area contributed by atoms with Crippen LogP contribution in [0.15, 0.2) is 34.7 Å². The predicted octanol–water partition coefficient (Wildman–Crippen LogP) is 3.64. The van der Waals surface area contributed by atoms with Crippen molar-refractivity contribution in [2.45, 2.75) is 26.3 Å². The lowest BCUT2D eigenvalue weighted by Crippen LogP contribution is -2.08. The lowest BCUT2D eigenvalue weighted by atomic mass is 10.2. The van der Waals surface area contributed by atoms with Gasteiger partial charge in [0.25, 0.3) is 0 Å². The fourth-order valence-electron chi connectivity index (χ4n) is 1.84. The molecule has 0 spiro atoms. The van der Waals surface area contributed by atoms with Crippen LogP contribution in [0.25, 0.3) is 0 Å². The van der Waals surface area contributed by atoms with Gasteiger partial charge in [-0.2, -0.15) is 13.2 Å². The van der Waals surface area contributed by atoms with Gasteiger partial charge in [0.05, 0.1) is 5.56 Å². The summed E-state index contributed by atoms with van der Waals surface area (Å²) in [5.74, 6) is 0.874. The molecule has 0 radical (unpaired) electrons. The van der Waals surface area contributed by atoms with E-state index in [1.54, 1.807) is 13.0 Å². The molecule has 0 aliphatic rings. The molecule has 0 bridgehead atoms. The maximum atomic E-state index is 12.8. The molecule has 1 aromatic heterocycles. The summed E-state index contributed by atoms with van der Waals surface area (Å²) < 4.78 is 48.9. The topological polar surface area (TPSA) is 48.4 Å². The number of alkyl halides is 3. The zero-order valence-electron chi connectivity index (χ0n) is 10.8. The summed E-state index contributed by atoms with van der Waals surface area (Å²) in [6.07, 6.45) is -4.45. The van der Waals surface area contributed by atoms with Crippen LogP contribution in [0.2, 0.25) is 0 Å². The van der Waals surface area contributed by atoms with Crippen molar-refractivity contribution in [2.24, 2.45) is 5.73 Å². The standard InChI is InChI=1S/C14H14F3NO2/c1-9-10(7-18)6-11(20-9)8-19-13-5-3-2-4-12(13)14(15,16)17/h2-6H,7-8,18H2,1H3. The van der Waals surface area contributed by atoms with Crippen LogP contribution in [-0.2, 0) is 19.3 Å². The Bertz CT molecular complexity index is 590. The van der Waals surface area contributed by atoms with Crippen molar-refractivity contribution in [3.05, 3.63) is 53.0 Å². The molecule has 108 valence electrons. The molecule has 0 amide bonds. The van der Waals surface area contributed by atoms with E-state index in [0.717, 1.165) is 11.6 Å². The summed E-state index contributed by atoms with van der Waals surface area (Å²) in [6, 6.07) is 6.75. The van der Waals surface area contributed by atoms with Crippen LogP contribution >= 0.6 is 0 Å². The summed E-state index contributed by atoms with van der Waals surface area (Å²) in [7, 11) is 0. The SMILES string of the molecule is Cc1oc(COc2ccccc2C(F)(F)F)cc1CN. The van der Waals surface area contributed by atoms with E-state index in [0.29, 0.717) is 18.1 Å². The van der Waals surface area contributed by atoms with Gasteiger partial charge in [-0.3, -0.25) is 0 Å². The van der Waals surface area contributed by atoms with Crippen molar-refractivity contribution in [2.75, 3.05) is 0 Å². The van der Waals surface area contributed by atoms with Crippen LogP contribution in [0, 0.1) is 6.92 Å². The molecule has 2 rings (SSSR count). The van der Waals surface area contributed by atoms with Gasteiger partial charge in [-0.25, -0.2) is 0 Å². The van der Waals surface area contributed by atoms with Crippen LogP contribution in [0.5, 0.6) is 5.75 Å². The second kappa shape index (κ2) is 5.58. The normalized spacial score (nSPS) is 11.7. The average molecular weight is 285 g/mol. The number of nitrogens with two attached hydrogens (primary N) is 1. The van der Waals surface area contributed by atoms with Gasteiger partial charge in [-0.15, -0.1) is 0 Å². The van der Waals surface area contributed by atoms with Crippen LogP contribution < -0.4 is 10.5 Å². The molecule has 1 aromatic carbocycles. The summed E-state index contributed by atoms with van der Waals surface area (Å²) in [5.41, 5.74) is 5.51. The third-order valence-electron chi connectivity index (χ3n) is 2.85. The van der Waals surface area contributed by atoms with Gasteiger partial charge >= 0.3 is 6.18 Å². The lowest BCUT2D eigenvalue weighted by Gasteiger charge is -2.12. The van der Waals surface area contributed by atoms with Crippen LogP contribution in [0.1, 0.15) is 22.6 Å². The molecule has 3 nitrogen and oxygen atoms in total. The zero-order valence-corrected chi connectivity index (χ0v) is 10.8. The zero-order chi connectivity index (χ0) is 14.8. The summed E-state index contributed by atoms with van der Waals surface area (Å²) in [5, 5.41) is 0. The van der Waals surface area contributed by atoms with E-state index in [9.17, 15) is 13.2 Å². The number of hydrogen-bond acceptors (Lipinski definition) is 3. The van der Waals surface area contributed by atoms with E-state index in [2.05, 4.69) is 0 Å². The summed E-state index contributed by atoms with van der Waals surface area (Å²) in [4.78, 5) is 0. The first-order valence-corrected chi connectivity index (χ1v) is 5.99. The lowest BCUT2D eigenvalue weighted by molar-refractivity contribution is -0.139. The molecule has 2 aromatic rings. The van der Waals surface area contributed by atoms with Crippen molar-refractivity contribution in [1.82, 2.24) is 0 Å². The smallest absolute Gasteiger partial charge is 0.419 e. The second-order valence-corrected chi connectivity index (χ2v) is 4.28. The molecule has 20 heavy (non-hydrogen) atoms.